The van der Waals surface area contributed by atoms with Crippen LogP contribution in [-0.4, -0.2) is 50.5 Å². The highest BCUT2D eigenvalue weighted by molar-refractivity contribution is 6.04. The topological polar surface area (TPSA) is 104 Å². The smallest absolute Gasteiger partial charge is 0.308 e. The van der Waals surface area contributed by atoms with Gasteiger partial charge in [0, 0.05) is 29.6 Å². The molecule has 2 fully saturated rings. The highest BCUT2D eigenvalue weighted by Crippen LogP contribution is 2.76. The zero-order valence-corrected chi connectivity index (χ0v) is 18.7. The van der Waals surface area contributed by atoms with E-state index in [1.54, 1.807) is 26.8 Å². The van der Waals surface area contributed by atoms with Crippen LogP contribution >= 0.6 is 0 Å². The Labute approximate surface area is 178 Å². The number of esters is 1. The van der Waals surface area contributed by atoms with E-state index in [0.717, 1.165) is 0 Å². The molecule has 0 saturated heterocycles. The van der Waals surface area contributed by atoms with Gasteiger partial charge in [-0.25, -0.2) is 0 Å². The zero-order chi connectivity index (χ0) is 22.4. The quantitative estimate of drug-likeness (QED) is 0.479. The third-order valence-corrected chi connectivity index (χ3v) is 8.63. The molecule has 166 valence electrons. The minimum atomic E-state index is -1.76. The normalized spacial score (nSPS) is 46.3. The Morgan fingerprint density at radius 3 is 2.47 bits per heavy atom. The number of ketones is 1. The first-order valence-corrected chi connectivity index (χ1v) is 11.0. The molecular formula is C24H34O6. The summed E-state index contributed by atoms with van der Waals surface area (Å²) in [6, 6.07) is 0. The maximum Gasteiger partial charge on any atom is 0.308 e. The van der Waals surface area contributed by atoms with Gasteiger partial charge in [0.1, 0.15) is 11.2 Å². The molecule has 0 aromatic heterocycles. The molecule has 6 heteroatoms. The van der Waals surface area contributed by atoms with Gasteiger partial charge in [-0.15, -0.1) is 0 Å². The first-order valence-electron chi connectivity index (χ1n) is 11.0. The predicted molar refractivity (Wildman–Crippen MR) is 110 cm³/mol. The van der Waals surface area contributed by atoms with Crippen LogP contribution in [0.3, 0.4) is 0 Å². The minimum Gasteiger partial charge on any atom is -0.458 e. The molecule has 3 N–H and O–H groups in total. The van der Waals surface area contributed by atoms with Crippen LogP contribution in [0.25, 0.3) is 0 Å². The van der Waals surface area contributed by atoms with E-state index in [2.05, 4.69) is 0 Å². The third-order valence-electron chi connectivity index (χ3n) is 8.63. The van der Waals surface area contributed by atoms with Crippen molar-refractivity contribution in [3.05, 3.63) is 23.3 Å². The summed E-state index contributed by atoms with van der Waals surface area (Å²) in [6.07, 6.45) is 4.02. The number of Topliss-reactive ketones (excluding diaryl/α,β-unsaturated/α-hetero) is 1. The van der Waals surface area contributed by atoms with Crippen LogP contribution in [0, 0.1) is 35.0 Å². The monoisotopic (exact) mass is 418 g/mol. The molecule has 0 amide bonds. The number of aliphatic hydroxyl groups excluding tert-OH is 1. The van der Waals surface area contributed by atoms with Gasteiger partial charge in [-0.3, -0.25) is 9.59 Å². The molecule has 4 aliphatic rings. The Morgan fingerprint density at radius 1 is 1.27 bits per heavy atom. The fraction of sp³-hybridized carbons (Fsp3) is 0.750. The molecule has 0 aromatic rings. The van der Waals surface area contributed by atoms with Crippen LogP contribution in [0.1, 0.15) is 54.4 Å². The summed E-state index contributed by atoms with van der Waals surface area (Å²) < 4.78 is 6.10. The van der Waals surface area contributed by atoms with Crippen LogP contribution in [-0.2, 0) is 14.3 Å². The standard InChI is InChI=1S/C24H34O6/c1-12(2)20(27)30-23-9-14(4)24(29)16(18(23)21(23,5)6)8-15(11-25)10-22(28)17(24)7-13(3)19(22)26/h7-8,12,14,16-18,25,28-29H,9-11H2,1-6H3/t14-,16?,17-,18+,22-,23+,24-/m1/s1. The lowest BCUT2D eigenvalue weighted by Gasteiger charge is -2.50. The van der Waals surface area contributed by atoms with Gasteiger partial charge in [0.05, 0.1) is 18.1 Å². The van der Waals surface area contributed by atoms with Gasteiger partial charge in [0.2, 0.25) is 0 Å². The predicted octanol–water partition coefficient (Wildman–Crippen LogP) is 2.17. The molecule has 2 saturated carbocycles. The Bertz CT molecular complexity index is 869. The summed E-state index contributed by atoms with van der Waals surface area (Å²) >= 11 is 0. The average Bonchev–Trinajstić information content (AvgIpc) is 3.06. The molecule has 0 bridgehead atoms. The Morgan fingerprint density at radius 2 is 1.90 bits per heavy atom. The molecule has 0 spiro atoms. The van der Waals surface area contributed by atoms with E-state index < -0.39 is 28.6 Å². The summed E-state index contributed by atoms with van der Waals surface area (Å²) in [4.78, 5) is 25.4. The maximum atomic E-state index is 12.9. The largest absolute Gasteiger partial charge is 0.458 e. The van der Waals surface area contributed by atoms with Crippen molar-refractivity contribution in [1.82, 2.24) is 0 Å². The first-order chi connectivity index (χ1) is 13.8. The van der Waals surface area contributed by atoms with Crippen molar-refractivity contribution in [2.45, 2.75) is 71.2 Å². The van der Waals surface area contributed by atoms with E-state index in [4.69, 9.17) is 4.74 Å². The van der Waals surface area contributed by atoms with Crippen LogP contribution in [0.5, 0.6) is 0 Å². The summed E-state index contributed by atoms with van der Waals surface area (Å²) in [6.45, 7) is 11.0. The van der Waals surface area contributed by atoms with Crippen molar-refractivity contribution in [3.8, 4) is 0 Å². The molecular weight excluding hydrogens is 384 g/mol. The van der Waals surface area contributed by atoms with Crippen molar-refractivity contribution < 1.29 is 29.6 Å². The molecule has 0 aromatic carbocycles. The number of carbonyl (C=O) groups is 2. The van der Waals surface area contributed by atoms with Crippen molar-refractivity contribution in [2.24, 2.45) is 35.0 Å². The Kier molecular flexibility index (Phi) is 4.54. The number of rotatable bonds is 3. The zero-order valence-electron chi connectivity index (χ0n) is 18.7. The van der Waals surface area contributed by atoms with Gasteiger partial charge < -0.3 is 20.1 Å². The van der Waals surface area contributed by atoms with Gasteiger partial charge >= 0.3 is 5.97 Å². The summed E-state index contributed by atoms with van der Waals surface area (Å²) in [7, 11) is 0. The maximum absolute atomic E-state index is 12.9. The molecule has 4 aliphatic carbocycles. The molecule has 0 aliphatic heterocycles. The molecule has 30 heavy (non-hydrogen) atoms. The van der Waals surface area contributed by atoms with E-state index in [0.29, 0.717) is 17.6 Å². The minimum absolute atomic E-state index is 0.00169. The molecule has 7 atom stereocenters. The van der Waals surface area contributed by atoms with Gasteiger partial charge in [-0.05, 0) is 30.4 Å². The van der Waals surface area contributed by atoms with Crippen LogP contribution < -0.4 is 0 Å². The fourth-order valence-corrected chi connectivity index (χ4v) is 6.90. The summed E-state index contributed by atoms with van der Waals surface area (Å²) in [5, 5.41) is 33.6. The van der Waals surface area contributed by atoms with Gasteiger partial charge in [-0.2, -0.15) is 0 Å². The van der Waals surface area contributed by atoms with Crippen molar-refractivity contribution in [1.29, 1.82) is 0 Å². The number of aliphatic hydroxyl groups is 3. The molecule has 1 unspecified atom stereocenters. The molecule has 0 radical (unpaired) electrons. The van der Waals surface area contributed by atoms with Crippen molar-refractivity contribution in [3.63, 3.8) is 0 Å². The van der Waals surface area contributed by atoms with Gasteiger partial charge in [0.15, 0.2) is 5.78 Å². The van der Waals surface area contributed by atoms with Crippen LogP contribution in [0.15, 0.2) is 23.3 Å². The summed E-state index contributed by atoms with van der Waals surface area (Å²) in [5.41, 5.74) is -3.23. The molecule has 6 nitrogen and oxygen atoms in total. The third kappa shape index (κ3) is 2.41. The molecule has 4 rings (SSSR count). The van der Waals surface area contributed by atoms with E-state index in [1.165, 1.54) is 0 Å². The van der Waals surface area contributed by atoms with Crippen LogP contribution in [0.2, 0.25) is 0 Å². The average molecular weight is 419 g/mol. The fourth-order valence-electron chi connectivity index (χ4n) is 6.90. The van der Waals surface area contributed by atoms with Crippen molar-refractivity contribution >= 4 is 11.8 Å². The Hall–Kier alpha value is -1.50. The van der Waals surface area contributed by atoms with E-state index in [-0.39, 0.29) is 47.9 Å². The lowest BCUT2D eigenvalue weighted by molar-refractivity contribution is -0.188. The number of hydrogen-bond donors (Lipinski definition) is 3. The highest BCUT2D eigenvalue weighted by Gasteiger charge is 2.83. The number of ether oxygens (including phenoxy) is 1. The lowest BCUT2D eigenvalue weighted by atomic mass is 9.60. The van der Waals surface area contributed by atoms with E-state index in [1.807, 2.05) is 26.8 Å². The van der Waals surface area contributed by atoms with Crippen molar-refractivity contribution in [2.75, 3.05) is 6.61 Å². The number of hydrogen-bond acceptors (Lipinski definition) is 6. The first kappa shape index (κ1) is 21.7. The van der Waals surface area contributed by atoms with E-state index >= 15 is 0 Å². The number of fused-ring (bicyclic) bond motifs is 5. The SMILES string of the molecule is CC1=C[C@H]2[C@]3(O)C(C=C(CO)C[C@]2(O)C1=O)[C@H]1C(C)(C)[C@]1(OC(=O)C(C)C)C[C@H]3C. The molecule has 0 heterocycles. The summed E-state index contributed by atoms with van der Waals surface area (Å²) in [5.74, 6) is -2.62. The second kappa shape index (κ2) is 6.27. The van der Waals surface area contributed by atoms with Crippen LogP contribution in [0.4, 0.5) is 0 Å². The lowest BCUT2D eigenvalue weighted by Crippen LogP contribution is -2.61. The van der Waals surface area contributed by atoms with Gasteiger partial charge in [-0.1, -0.05) is 46.8 Å². The van der Waals surface area contributed by atoms with Gasteiger partial charge in [0.25, 0.3) is 0 Å². The second-order valence-electron chi connectivity index (χ2n) is 10.9. The highest BCUT2D eigenvalue weighted by atomic mass is 16.6. The number of carbonyl (C=O) groups excluding carboxylic acids is 2. The Balaban J connectivity index is 1.86. The second-order valence-corrected chi connectivity index (χ2v) is 10.9. The van der Waals surface area contributed by atoms with E-state index in [9.17, 15) is 24.9 Å².